The van der Waals surface area contributed by atoms with Gasteiger partial charge in [0.15, 0.2) is 0 Å². The maximum Gasteiger partial charge on any atom is 0.407 e. The summed E-state index contributed by atoms with van der Waals surface area (Å²) < 4.78 is 5.46. The quantitative estimate of drug-likeness (QED) is 0.740. The molecule has 0 spiro atoms. The lowest BCUT2D eigenvalue weighted by atomic mass is 9.98. The summed E-state index contributed by atoms with van der Waals surface area (Å²) in [5, 5.41) is 21.7. The zero-order valence-corrected chi connectivity index (χ0v) is 15.4. The molecule has 0 saturated heterocycles. The van der Waals surface area contributed by atoms with Gasteiger partial charge in [-0.15, -0.1) is 0 Å². The third-order valence-electron chi connectivity index (χ3n) is 5.86. The highest BCUT2D eigenvalue weighted by molar-refractivity contribution is 5.79. The number of fused-ring (bicyclic) bond motifs is 3. The standard InChI is InChI=1S/C22H23NO5/c24-20-10-13(21(25)26)9-14(20)11-23-22(27)28-12-19-17-7-3-1-5-15(17)16-6-2-4-8-18(16)19/h1-8,13-14,19-20,24H,9-12H2,(H,23,27)(H,25,26)/t13?,14-,20-/m1/s1. The molecule has 6 heteroatoms. The van der Waals surface area contributed by atoms with E-state index in [4.69, 9.17) is 9.84 Å². The molecular weight excluding hydrogens is 358 g/mol. The van der Waals surface area contributed by atoms with Crippen molar-refractivity contribution in [3.63, 3.8) is 0 Å². The summed E-state index contributed by atoms with van der Waals surface area (Å²) in [6.45, 7) is 0.437. The number of nitrogens with one attached hydrogen (secondary N) is 1. The number of aliphatic hydroxyl groups is 1. The van der Waals surface area contributed by atoms with E-state index in [9.17, 15) is 14.7 Å². The van der Waals surface area contributed by atoms with Crippen molar-refractivity contribution >= 4 is 12.1 Å². The molecule has 28 heavy (non-hydrogen) atoms. The third-order valence-corrected chi connectivity index (χ3v) is 5.86. The van der Waals surface area contributed by atoms with Crippen LogP contribution in [0.25, 0.3) is 11.1 Å². The molecule has 4 rings (SSSR count). The Labute approximate surface area is 163 Å². The first kappa shape index (κ1) is 18.5. The number of carbonyl (C=O) groups excluding carboxylic acids is 1. The number of aliphatic carboxylic acids is 1. The van der Waals surface area contributed by atoms with E-state index in [0.717, 1.165) is 11.1 Å². The monoisotopic (exact) mass is 381 g/mol. The van der Waals surface area contributed by atoms with Crippen LogP contribution in [0.4, 0.5) is 4.79 Å². The molecule has 1 unspecified atom stereocenters. The van der Waals surface area contributed by atoms with Crippen molar-refractivity contribution in [2.75, 3.05) is 13.2 Å². The highest BCUT2D eigenvalue weighted by Crippen LogP contribution is 2.44. The Kier molecular flexibility index (Phi) is 5.05. The largest absolute Gasteiger partial charge is 0.481 e. The van der Waals surface area contributed by atoms with E-state index in [1.54, 1.807) is 0 Å². The van der Waals surface area contributed by atoms with Crippen LogP contribution >= 0.6 is 0 Å². The molecule has 3 atom stereocenters. The van der Waals surface area contributed by atoms with E-state index >= 15 is 0 Å². The van der Waals surface area contributed by atoms with Gasteiger partial charge >= 0.3 is 12.1 Å². The predicted molar refractivity (Wildman–Crippen MR) is 103 cm³/mol. The summed E-state index contributed by atoms with van der Waals surface area (Å²) in [6, 6.07) is 16.2. The number of carboxylic acid groups (broad SMARTS) is 1. The lowest BCUT2D eigenvalue weighted by Crippen LogP contribution is -2.33. The first-order valence-corrected chi connectivity index (χ1v) is 9.54. The topological polar surface area (TPSA) is 95.9 Å². The zero-order chi connectivity index (χ0) is 19.7. The number of alkyl carbamates (subject to hydrolysis) is 1. The highest BCUT2D eigenvalue weighted by atomic mass is 16.5. The number of ether oxygens (including phenoxy) is 1. The Bertz CT molecular complexity index is 851. The number of benzene rings is 2. The molecule has 1 fully saturated rings. The van der Waals surface area contributed by atoms with Gasteiger partial charge in [-0.2, -0.15) is 0 Å². The van der Waals surface area contributed by atoms with E-state index in [2.05, 4.69) is 29.6 Å². The number of hydrogen-bond acceptors (Lipinski definition) is 4. The SMILES string of the molecule is O=C(NC[C@H]1CC(C(=O)O)C[C@H]1O)OCC1c2ccccc2-c2ccccc21. The van der Waals surface area contributed by atoms with Crippen molar-refractivity contribution in [3.8, 4) is 11.1 Å². The Hall–Kier alpha value is -2.86. The van der Waals surface area contributed by atoms with Crippen LogP contribution in [0.15, 0.2) is 48.5 Å². The smallest absolute Gasteiger partial charge is 0.407 e. The minimum atomic E-state index is -0.900. The first-order chi connectivity index (χ1) is 13.5. The molecule has 2 aromatic carbocycles. The van der Waals surface area contributed by atoms with Gasteiger partial charge < -0.3 is 20.3 Å². The molecule has 2 aliphatic carbocycles. The summed E-state index contributed by atoms with van der Waals surface area (Å²) in [5.74, 6) is -1.72. The Morgan fingerprint density at radius 3 is 2.18 bits per heavy atom. The van der Waals surface area contributed by atoms with Crippen molar-refractivity contribution in [1.29, 1.82) is 0 Å². The molecule has 6 nitrogen and oxygen atoms in total. The van der Waals surface area contributed by atoms with E-state index < -0.39 is 24.1 Å². The number of carboxylic acids is 1. The molecule has 146 valence electrons. The van der Waals surface area contributed by atoms with Crippen LogP contribution in [0.2, 0.25) is 0 Å². The van der Waals surface area contributed by atoms with Crippen LogP contribution in [-0.4, -0.2) is 41.5 Å². The van der Waals surface area contributed by atoms with Crippen LogP contribution in [-0.2, 0) is 9.53 Å². The summed E-state index contributed by atoms with van der Waals surface area (Å²) in [6.07, 6.45) is -0.671. The number of rotatable bonds is 5. The summed E-state index contributed by atoms with van der Waals surface area (Å²) in [7, 11) is 0. The highest BCUT2D eigenvalue weighted by Gasteiger charge is 2.37. The van der Waals surface area contributed by atoms with Gasteiger partial charge in [-0.1, -0.05) is 48.5 Å². The minimum absolute atomic E-state index is 0.00777. The molecule has 0 aliphatic heterocycles. The van der Waals surface area contributed by atoms with Crippen LogP contribution < -0.4 is 5.32 Å². The first-order valence-electron chi connectivity index (χ1n) is 9.54. The van der Waals surface area contributed by atoms with E-state index in [1.165, 1.54) is 11.1 Å². The molecular formula is C22H23NO5. The molecule has 0 heterocycles. The molecule has 3 N–H and O–H groups in total. The van der Waals surface area contributed by atoms with Crippen molar-refractivity contribution in [3.05, 3.63) is 59.7 Å². The van der Waals surface area contributed by atoms with Crippen LogP contribution in [0.3, 0.4) is 0 Å². The third kappa shape index (κ3) is 3.47. The van der Waals surface area contributed by atoms with E-state index in [-0.39, 0.29) is 31.4 Å². The Balaban J connectivity index is 1.35. The van der Waals surface area contributed by atoms with Gasteiger partial charge in [-0.3, -0.25) is 4.79 Å². The Morgan fingerprint density at radius 2 is 1.61 bits per heavy atom. The second-order valence-electron chi connectivity index (χ2n) is 7.54. The number of aliphatic hydroxyl groups excluding tert-OH is 1. The van der Waals surface area contributed by atoms with Crippen LogP contribution in [0.1, 0.15) is 29.9 Å². The second kappa shape index (κ2) is 7.64. The van der Waals surface area contributed by atoms with Gasteiger partial charge in [0.25, 0.3) is 0 Å². The normalized spacial score (nSPS) is 23.1. The molecule has 1 saturated carbocycles. The molecule has 0 aromatic heterocycles. The number of hydrogen-bond donors (Lipinski definition) is 3. The fourth-order valence-electron chi connectivity index (χ4n) is 4.39. The van der Waals surface area contributed by atoms with E-state index in [0.29, 0.717) is 6.42 Å². The molecule has 0 radical (unpaired) electrons. The fraction of sp³-hybridized carbons (Fsp3) is 0.364. The van der Waals surface area contributed by atoms with Crippen molar-refractivity contribution in [2.45, 2.75) is 24.9 Å². The van der Waals surface area contributed by atoms with Crippen molar-refractivity contribution in [1.82, 2.24) is 5.32 Å². The molecule has 0 bridgehead atoms. The van der Waals surface area contributed by atoms with Gasteiger partial charge in [-0.25, -0.2) is 4.79 Å². The van der Waals surface area contributed by atoms with Gasteiger partial charge in [0.1, 0.15) is 6.61 Å². The van der Waals surface area contributed by atoms with Gasteiger partial charge in [0, 0.05) is 18.4 Å². The molecule has 2 aliphatic rings. The van der Waals surface area contributed by atoms with Crippen LogP contribution in [0.5, 0.6) is 0 Å². The van der Waals surface area contributed by atoms with Crippen molar-refractivity contribution in [2.24, 2.45) is 11.8 Å². The van der Waals surface area contributed by atoms with Crippen molar-refractivity contribution < 1.29 is 24.5 Å². The maximum atomic E-state index is 12.2. The summed E-state index contributed by atoms with van der Waals surface area (Å²) in [4.78, 5) is 23.2. The van der Waals surface area contributed by atoms with Gasteiger partial charge in [0.05, 0.1) is 12.0 Å². The number of carbonyl (C=O) groups is 2. The van der Waals surface area contributed by atoms with Gasteiger partial charge in [0.2, 0.25) is 0 Å². The lowest BCUT2D eigenvalue weighted by Gasteiger charge is -2.17. The fourth-order valence-corrected chi connectivity index (χ4v) is 4.39. The minimum Gasteiger partial charge on any atom is -0.481 e. The van der Waals surface area contributed by atoms with Crippen LogP contribution in [0, 0.1) is 11.8 Å². The predicted octanol–water partition coefficient (Wildman–Crippen LogP) is 3.00. The summed E-state index contributed by atoms with van der Waals surface area (Å²) >= 11 is 0. The van der Waals surface area contributed by atoms with E-state index in [1.807, 2.05) is 24.3 Å². The molecule has 1 amide bonds. The lowest BCUT2D eigenvalue weighted by molar-refractivity contribution is -0.141. The Morgan fingerprint density at radius 1 is 1.00 bits per heavy atom. The maximum absolute atomic E-state index is 12.2. The zero-order valence-electron chi connectivity index (χ0n) is 15.4. The summed E-state index contributed by atoms with van der Waals surface area (Å²) in [5.41, 5.74) is 4.63. The molecule has 2 aromatic rings. The average Bonchev–Trinajstić information content (AvgIpc) is 3.23. The second-order valence-corrected chi connectivity index (χ2v) is 7.54. The number of amides is 1. The average molecular weight is 381 g/mol. The van der Waals surface area contributed by atoms with Gasteiger partial charge in [-0.05, 0) is 35.1 Å².